The van der Waals surface area contributed by atoms with E-state index in [4.69, 9.17) is 5.73 Å². The lowest BCUT2D eigenvalue weighted by molar-refractivity contribution is -0.119. The summed E-state index contributed by atoms with van der Waals surface area (Å²) in [5.41, 5.74) is 5.77. The van der Waals surface area contributed by atoms with Crippen molar-refractivity contribution in [2.24, 2.45) is 5.73 Å². The van der Waals surface area contributed by atoms with E-state index < -0.39 is 0 Å². The number of hydrogen-bond acceptors (Lipinski definition) is 5. The molecule has 0 radical (unpaired) electrons. The molecule has 2 amide bonds. The van der Waals surface area contributed by atoms with Crippen LogP contribution in [0.15, 0.2) is 5.38 Å². The third-order valence-electron chi connectivity index (χ3n) is 2.27. The molecule has 1 saturated heterocycles. The van der Waals surface area contributed by atoms with Gasteiger partial charge in [0.2, 0.25) is 5.91 Å². The van der Waals surface area contributed by atoms with Crippen molar-refractivity contribution >= 4 is 23.2 Å². The Bertz CT molecular complexity index is 417. The SMILES string of the molecule is NCc1nc(C(=O)NC2CNC(=O)C2)cs1. The first kappa shape index (κ1) is 11.0. The summed E-state index contributed by atoms with van der Waals surface area (Å²) in [4.78, 5) is 26.7. The van der Waals surface area contributed by atoms with Gasteiger partial charge >= 0.3 is 0 Å². The molecular weight excluding hydrogens is 228 g/mol. The van der Waals surface area contributed by atoms with Crippen LogP contribution in [-0.2, 0) is 11.3 Å². The molecule has 1 fully saturated rings. The Hall–Kier alpha value is -1.47. The van der Waals surface area contributed by atoms with E-state index in [1.165, 1.54) is 11.3 Å². The van der Waals surface area contributed by atoms with Gasteiger partial charge in [-0.05, 0) is 0 Å². The summed E-state index contributed by atoms with van der Waals surface area (Å²) in [5, 5.41) is 7.79. The maximum atomic E-state index is 11.7. The number of rotatable bonds is 3. The molecule has 4 N–H and O–H groups in total. The largest absolute Gasteiger partial charge is 0.354 e. The minimum atomic E-state index is -0.252. The molecule has 16 heavy (non-hydrogen) atoms. The van der Waals surface area contributed by atoms with Gasteiger partial charge in [0.1, 0.15) is 10.7 Å². The Morgan fingerprint density at radius 3 is 3.12 bits per heavy atom. The maximum absolute atomic E-state index is 11.7. The van der Waals surface area contributed by atoms with E-state index >= 15 is 0 Å². The molecule has 1 aliphatic rings. The summed E-state index contributed by atoms with van der Waals surface area (Å²) in [5.74, 6) is -0.288. The fraction of sp³-hybridized carbons (Fsp3) is 0.444. The molecule has 2 heterocycles. The monoisotopic (exact) mass is 240 g/mol. The predicted molar refractivity (Wildman–Crippen MR) is 58.9 cm³/mol. The second-order valence-electron chi connectivity index (χ2n) is 3.51. The minimum Gasteiger partial charge on any atom is -0.354 e. The van der Waals surface area contributed by atoms with Gasteiger partial charge in [0.05, 0.1) is 6.04 Å². The third-order valence-corrected chi connectivity index (χ3v) is 3.14. The second kappa shape index (κ2) is 4.58. The lowest BCUT2D eigenvalue weighted by Crippen LogP contribution is -2.36. The molecule has 86 valence electrons. The lowest BCUT2D eigenvalue weighted by Gasteiger charge is -2.08. The number of carbonyl (C=O) groups excluding carboxylic acids is 2. The molecule has 0 spiro atoms. The molecule has 7 heteroatoms. The number of thiazole rings is 1. The Morgan fingerprint density at radius 1 is 1.75 bits per heavy atom. The molecule has 1 unspecified atom stereocenters. The van der Waals surface area contributed by atoms with Crippen LogP contribution in [0.1, 0.15) is 21.9 Å². The van der Waals surface area contributed by atoms with Crippen LogP contribution < -0.4 is 16.4 Å². The number of aromatic nitrogens is 1. The first-order valence-electron chi connectivity index (χ1n) is 4.91. The van der Waals surface area contributed by atoms with E-state index in [0.29, 0.717) is 25.2 Å². The highest BCUT2D eigenvalue weighted by Gasteiger charge is 2.23. The molecule has 6 nitrogen and oxygen atoms in total. The average molecular weight is 240 g/mol. The molecule has 0 aromatic carbocycles. The summed E-state index contributed by atoms with van der Waals surface area (Å²) in [7, 11) is 0. The van der Waals surface area contributed by atoms with Crippen LogP contribution in [0.4, 0.5) is 0 Å². The van der Waals surface area contributed by atoms with Crippen molar-refractivity contribution < 1.29 is 9.59 Å². The van der Waals surface area contributed by atoms with E-state index in [2.05, 4.69) is 15.6 Å². The van der Waals surface area contributed by atoms with Gasteiger partial charge < -0.3 is 16.4 Å². The van der Waals surface area contributed by atoms with Gasteiger partial charge in [0.15, 0.2) is 0 Å². The molecule has 1 aliphatic heterocycles. The van der Waals surface area contributed by atoms with Gasteiger partial charge in [-0.1, -0.05) is 0 Å². The number of nitrogens with zero attached hydrogens (tertiary/aromatic N) is 1. The quantitative estimate of drug-likeness (QED) is 0.645. The summed E-state index contributed by atoms with van der Waals surface area (Å²) >= 11 is 1.36. The number of nitrogens with one attached hydrogen (secondary N) is 2. The zero-order valence-corrected chi connectivity index (χ0v) is 9.34. The Morgan fingerprint density at radius 2 is 2.56 bits per heavy atom. The van der Waals surface area contributed by atoms with Crippen LogP contribution in [0.5, 0.6) is 0 Å². The molecule has 1 aromatic heterocycles. The molecule has 1 atom stereocenters. The van der Waals surface area contributed by atoms with Gasteiger partial charge in [0.25, 0.3) is 5.91 Å². The van der Waals surface area contributed by atoms with Crippen LogP contribution in [0, 0.1) is 0 Å². The zero-order valence-electron chi connectivity index (χ0n) is 8.53. The average Bonchev–Trinajstić information content (AvgIpc) is 2.87. The molecular formula is C9H12N4O2S. The first-order chi connectivity index (χ1) is 7.69. The van der Waals surface area contributed by atoms with Crippen LogP contribution in [0.2, 0.25) is 0 Å². The van der Waals surface area contributed by atoms with Gasteiger partial charge in [-0.25, -0.2) is 4.98 Å². The highest BCUT2D eigenvalue weighted by Crippen LogP contribution is 2.09. The highest BCUT2D eigenvalue weighted by molar-refractivity contribution is 7.09. The fourth-order valence-corrected chi connectivity index (χ4v) is 2.13. The topological polar surface area (TPSA) is 97.1 Å². The van der Waals surface area contributed by atoms with E-state index in [-0.39, 0.29) is 17.9 Å². The van der Waals surface area contributed by atoms with Gasteiger partial charge in [0, 0.05) is 24.9 Å². The van der Waals surface area contributed by atoms with Crippen molar-refractivity contribution in [2.75, 3.05) is 6.54 Å². The van der Waals surface area contributed by atoms with Crippen LogP contribution in [0.25, 0.3) is 0 Å². The smallest absolute Gasteiger partial charge is 0.271 e. The van der Waals surface area contributed by atoms with E-state index in [0.717, 1.165) is 5.01 Å². The number of carbonyl (C=O) groups is 2. The van der Waals surface area contributed by atoms with Gasteiger partial charge in [-0.3, -0.25) is 9.59 Å². The Kier molecular flexibility index (Phi) is 3.16. The summed E-state index contributed by atoms with van der Waals surface area (Å²) in [6.45, 7) is 0.819. The Labute approximate surface area is 96.2 Å². The maximum Gasteiger partial charge on any atom is 0.271 e. The van der Waals surface area contributed by atoms with Crippen molar-refractivity contribution in [3.05, 3.63) is 16.1 Å². The first-order valence-corrected chi connectivity index (χ1v) is 5.79. The van der Waals surface area contributed by atoms with Crippen molar-refractivity contribution in [3.8, 4) is 0 Å². The molecule has 2 rings (SSSR count). The van der Waals surface area contributed by atoms with E-state index in [1.54, 1.807) is 5.38 Å². The van der Waals surface area contributed by atoms with E-state index in [9.17, 15) is 9.59 Å². The molecule has 0 aliphatic carbocycles. The van der Waals surface area contributed by atoms with Crippen LogP contribution in [-0.4, -0.2) is 29.4 Å². The fourth-order valence-electron chi connectivity index (χ4n) is 1.48. The molecule has 1 aromatic rings. The van der Waals surface area contributed by atoms with Crippen LogP contribution >= 0.6 is 11.3 Å². The Balaban J connectivity index is 1.95. The summed E-state index contributed by atoms with van der Waals surface area (Å²) in [6, 6.07) is -0.136. The second-order valence-corrected chi connectivity index (χ2v) is 4.45. The van der Waals surface area contributed by atoms with E-state index in [1.807, 2.05) is 0 Å². The van der Waals surface area contributed by atoms with Gasteiger partial charge in [-0.2, -0.15) is 0 Å². The number of amides is 2. The molecule has 0 saturated carbocycles. The highest BCUT2D eigenvalue weighted by atomic mass is 32.1. The summed E-state index contributed by atoms with van der Waals surface area (Å²) < 4.78 is 0. The lowest BCUT2D eigenvalue weighted by atomic mass is 10.2. The van der Waals surface area contributed by atoms with Crippen molar-refractivity contribution in [1.29, 1.82) is 0 Å². The molecule has 0 bridgehead atoms. The van der Waals surface area contributed by atoms with Crippen molar-refractivity contribution in [3.63, 3.8) is 0 Å². The van der Waals surface area contributed by atoms with Crippen molar-refractivity contribution in [2.45, 2.75) is 19.0 Å². The standard InChI is InChI=1S/C9H12N4O2S/c10-2-8-13-6(4-16-8)9(15)12-5-1-7(14)11-3-5/h4-5H,1-3,10H2,(H,11,14)(H,12,15). The van der Waals surface area contributed by atoms with Crippen LogP contribution in [0.3, 0.4) is 0 Å². The normalized spacial score (nSPS) is 19.6. The number of hydrogen-bond donors (Lipinski definition) is 3. The predicted octanol–water partition coefficient (Wildman–Crippen LogP) is -0.780. The zero-order chi connectivity index (χ0) is 11.5. The third kappa shape index (κ3) is 2.37. The minimum absolute atomic E-state index is 0.0359. The van der Waals surface area contributed by atoms with Gasteiger partial charge in [-0.15, -0.1) is 11.3 Å². The number of nitrogens with two attached hydrogens (primary N) is 1. The summed E-state index contributed by atoms with van der Waals surface area (Å²) in [6.07, 6.45) is 0.333. The van der Waals surface area contributed by atoms with Crippen molar-refractivity contribution in [1.82, 2.24) is 15.6 Å².